The highest BCUT2D eigenvalue weighted by Crippen LogP contribution is 2.46. The third kappa shape index (κ3) is 4.39. The Kier molecular flexibility index (Phi) is 6.59. The van der Waals surface area contributed by atoms with E-state index in [1.165, 1.54) is 51.4 Å². The Morgan fingerprint density at radius 1 is 0.409 bits per heavy atom. The van der Waals surface area contributed by atoms with Crippen LogP contribution in [0.25, 0.3) is 0 Å². The Labute approximate surface area is 140 Å². The van der Waals surface area contributed by atoms with Gasteiger partial charge in [0.1, 0.15) is 0 Å². The van der Waals surface area contributed by atoms with Crippen molar-refractivity contribution in [2.45, 2.75) is 92.9 Å². The molecule has 0 spiro atoms. The highest BCUT2D eigenvalue weighted by atomic mass is 14.4. The molecule has 0 saturated heterocycles. The van der Waals surface area contributed by atoms with Crippen LogP contribution in [-0.4, -0.2) is 0 Å². The summed E-state index contributed by atoms with van der Waals surface area (Å²) in [7, 11) is 0. The van der Waals surface area contributed by atoms with E-state index >= 15 is 0 Å². The first-order valence-electron chi connectivity index (χ1n) is 10.1. The van der Waals surface area contributed by atoms with Crippen molar-refractivity contribution in [1.82, 2.24) is 0 Å². The molecule has 0 heteroatoms. The highest BCUT2D eigenvalue weighted by molar-refractivity contribution is 5.28. The maximum Gasteiger partial charge on any atom is -0.0226 e. The van der Waals surface area contributed by atoms with Crippen LogP contribution < -0.4 is 0 Å². The molecule has 4 unspecified atom stereocenters. The zero-order chi connectivity index (χ0) is 16.3. The van der Waals surface area contributed by atoms with Crippen LogP contribution in [0.5, 0.6) is 0 Å². The lowest BCUT2D eigenvalue weighted by molar-refractivity contribution is 0.308. The van der Waals surface area contributed by atoms with Gasteiger partial charge in [0, 0.05) is 0 Å². The lowest BCUT2D eigenvalue weighted by Gasteiger charge is -2.41. The summed E-state index contributed by atoms with van der Waals surface area (Å²) in [6.07, 6.45) is 11.6. The minimum absolute atomic E-state index is 0.874. The third-order valence-electron chi connectivity index (χ3n) is 6.83. The summed E-state index contributed by atoms with van der Waals surface area (Å²) in [6.45, 7) is 14.5. The van der Waals surface area contributed by atoms with E-state index in [9.17, 15) is 0 Å². The van der Waals surface area contributed by atoms with Gasteiger partial charge in [0.2, 0.25) is 0 Å². The van der Waals surface area contributed by atoms with Gasteiger partial charge in [-0.05, 0) is 61.2 Å². The standard InChI is InChI=1S/C14H24.C8H16/c1-9-5-6-11(3)14-12(4)8-7-10(2)13(9)14;1-7-3-5-8(2)6-4-7/h9-12H,5-8H2,1-4H3;7-8H,3-6H2,1-2H3. The Morgan fingerprint density at radius 3 is 0.864 bits per heavy atom. The molecular formula is C22H40. The SMILES string of the molecule is CC1CCC(C)C2=C1C(C)CCC2C.CC1CCC(C)CC1. The minimum atomic E-state index is 0.874. The monoisotopic (exact) mass is 304 g/mol. The lowest BCUT2D eigenvalue weighted by atomic mass is 9.65. The predicted octanol–water partition coefficient (Wildman–Crippen LogP) is 7.25. The summed E-state index contributed by atoms with van der Waals surface area (Å²) in [5, 5.41) is 0. The molecule has 1 fully saturated rings. The molecule has 0 amide bonds. The fraction of sp³-hybridized carbons (Fsp3) is 0.909. The van der Waals surface area contributed by atoms with Crippen molar-refractivity contribution < 1.29 is 0 Å². The number of allylic oxidation sites excluding steroid dienone is 2. The molecule has 0 radical (unpaired) electrons. The van der Waals surface area contributed by atoms with Gasteiger partial charge in [0.15, 0.2) is 0 Å². The van der Waals surface area contributed by atoms with Crippen LogP contribution in [0.1, 0.15) is 92.9 Å². The second kappa shape index (κ2) is 8.02. The van der Waals surface area contributed by atoms with Crippen LogP contribution in [0.4, 0.5) is 0 Å². The van der Waals surface area contributed by atoms with E-state index in [1.807, 2.05) is 11.1 Å². The van der Waals surface area contributed by atoms with Gasteiger partial charge in [-0.15, -0.1) is 0 Å². The van der Waals surface area contributed by atoms with Gasteiger partial charge >= 0.3 is 0 Å². The van der Waals surface area contributed by atoms with Gasteiger partial charge in [0.25, 0.3) is 0 Å². The Morgan fingerprint density at radius 2 is 0.636 bits per heavy atom. The predicted molar refractivity (Wildman–Crippen MR) is 98.9 cm³/mol. The summed E-state index contributed by atoms with van der Waals surface area (Å²) in [4.78, 5) is 0. The van der Waals surface area contributed by atoms with Crippen molar-refractivity contribution in [3.05, 3.63) is 11.1 Å². The number of hydrogen-bond acceptors (Lipinski definition) is 0. The van der Waals surface area contributed by atoms with Gasteiger partial charge in [-0.1, -0.05) is 78.4 Å². The van der Waals surface area contributed by atoms with Crippen LogP contribution >= 0.6 is 0 Å². The molecule has 0 aliphatic heterocycles. The van der Waals surface area contributed by atoms with Crippen molar-refractivity contribution >= 4 is 0 Å². The zero-order valence-corrected chi connectivity index (χ0v) is 16.1. The molecule has 1 saturated carbocycles. The molecule has 4 atom stereocenters. The summed E-state index contributed by atoms with van der Waals surface area (Å²) in [5.74, 6) is 5.54. The summed E-state index contributed by atoms with van der Waals surface area (Å²) in [6, 6.07) is 0. The van der Waals surface area contributed by atoms with Crippen LogP contribution in [0.2, 0.25) is 0 Å². The molecule has 3 rings (SSSR count). The van der Waals surface area contributed by atoms with Crippen LogP contribution in [0, 0.1) is 35.5 Å². The zero-order valence-electron chi connectivity index (χ0n) is 16.1. The van der Waals surface area contributed by atoms with E-state index in [4.69, 9.17) is 0 Å². The maximum atomic E-state index is 2.44. The molecule has 0 nitrogen and oxygen atoms in total. The van der Waals surface area contributed by atoms with Crippen LogP contribution in [-0.2, 0) is 0 Å². The molecule has 22 heavy (non-hydrogen) atoms. The Bertz CT molecular complexity index is 309. The third-order valence-corrected chi connectivity index (χ3v) is 6.83. The molecule has 3 aliphatic rings. The van der Waals surface area contributed by atoms with E-state index in [2.05, 4.69) is 41.5 Å². The fourth-order valence-corrected chi connectivity index (χ4v) is 5.16. The summed E-state index contributed by atoms with van der Waals surface area (Å²) < 4.78 is 0. The number of rotatable bonds is 0. The second-order valence-corrected chi connectivity index (χ2v) is 9.03. The summed E-state index contributed by atoms with van der Waals surface area (Å²) in [5.41, 5.74) is 3.70. The second-order valence-electron chi connectivity index (χ2n) is 9.03. The maximum absolute atomic E-state index is 2.44. The molecular weight excluding hydrogens is 264 g/mol. The highest BCUT2D eigenvalue weighted by Gasteiger charge is 2.33. The average Bonchev–Trinajstić information content (AvgIpc) is 2.49. The molecule has 0 aromatic carbocycles. The van der Waals surface area contributed by atoms with E-state index in [0.29, 0.717) is 0 Å². The van der Waals surface area contributed by atoms with Gasteiger partial charge < -0.3 is 0 Å². The quantitative estimate of drug-likeness (QED) is 0.413. The van der Waals surface area contributed by atoms with Crippen molar-refractivity contribution in [3.63, 3.8) is 0 Å². The fourth-order valence-electron chi connectivity index (χ4n) is 5.16. The van der Waals surface area contributed by atoms with Gasteiger partial charge in [-0.25, -0.2) is 0 Å². The lowest BCUT2D eigenvalue weighted by Crippen LogP contribution is -2.28. The molecule has 0 bridgehead atoms. The van der Waals surface area contributed by atoms with E-state index in [-0.39, 0.29) is 0 Å². The Hall–Kier alpha value is -0.260. The van der Waals surface area contributed by atoms with E-state index in [0.717, 1.165) is 35.5 Å². The van der Waals surface area contributed by atoms with Gasteiger partial charge in [0.05, 0.1) is 0 Å². The van der Waals surface area contributed by atoms with Crippen LogP contribution in [0.3, 0.4) is 0 Å². The topological polar surface area (TPSA) is 0 Å². The van der Waals surface area contributed by atoms with E-state index in [1.54, 1.807) is 0 Å². The largest absolute Gasteiger partial charge is 0.0648 e. The van der Waals surface area contributed by atoms with E-state index < -0.39 is 0 Å². The van der Waals surface area contributed by atoms with Gasteiger partial charge in [-0.2, -0.15) is 0 Å². The Balaban J connectivity index is 0.000000188. The minimum Gasteiger partial charge on any atom is -0.0648 e. The summed E-state index contributed by atoms with van der Waals surface area (Å²) >= 11 is 0. The molecule has 0 heterocycles. The van der Waals surface area contributed by atoms with Crippen molar-refractivity contribution in [2.75, 3.05) is 0 Å². The first-order valence-corrected chi connectivity index (χ1v) is 10.1. The smallest absolute Gasteiger partial charge is 0.0226 e. The molecule has 128 valence electrons. The normalized spacial score (nSPS) is 42.3. The van der Waals surface area contributed by atoms with Gasteiger partial charge in [-0.3, -0.25) is 0 Å². The van der Waals surface area contributed by atoms with Crippen molar-refractivity contribution in [2.24, 2.45) is 35.5 Å². The molecule has 0 aromatic rings. The van der Waals surface area contributed by atoms with Crippen molar-refractivity contribution in [3.8, 4) is 0 Å². The molecule has 0 N–H and O–H groups in total. The van der Waals surface area contributed by atoms with Crippen LogP contribution in [0.15, 0.2) is 11.1 Å². The first kappa shape index (κ1) is 18.1. The average molecular weight is 305 g/mol. The molecule has 3 aliphatic carbocycles. The van der Waals surface area contributed by atoms with Crippen molar-refractivity contribution in [1.29, 1.82) is 0 Å². The first-order chi connectivity index (χ1) is 10.4. The number of hydrogen-bond donors (Lipinski definition) is 0. The molecule has 0 aromatic heterocycles.